The summed E-state index contributed by atoms with van der Waals surface area (Å²) in [5, 5.41) is 3.36. The molecule has 1 aliphatic heterocycles. The van der Waals surface area contributed by atoms with Crippen molar-refractivity contribution in [1.82, 2.24) is 14.8 Å². The second-order valence-corrected chi connectivity index (χ2v) is 10.5. The van der Waals surface area contributed by atoms with Gasteiger partial charge in [0.2, 0.25) is 5.91 Å². The van der Waals surface area contributed by atoms with Gasteiger partial charge in [-0.15, -0.1) is 0 Å². The molecule has 1 saturated carbocycles. The van der Waals surface area contributed by atoms with Crippen molar-refractivity contribution in [2.24, 2.45) is 11.8 Å². The van der Waals surface area contributed by atoms with Crippen LogP contribution < -0.4 is 5.32 Å². The summed E-state index contributed by atoms with van der Waals surface area (Å²) in [4.78, 5) is 29.4. The largest absolute Gasteiger partial charge is 0.463 e. The quantitative estimate of drug-likeness (QED) is 0.560. The lowest BCUT2D eigenvalue weighted by atomic mass is 9.77. The highest BCUT2D eigenvalue weighted by Gasteiger charge is 2.48. The second kappa shape index (κ2) is 8.97. The number of nitrogens with one attached hydrogen (secondary N) is 1. The summed E-state index contributed by atoms with van der Waals surface area (Å²) in [5.41, 5.74) is 2.42. The number of nitrogens with zero attached hydrogens (tertiary/aromatic N) is 2. The Kier molecular flexibility index (Phi) is 6.00. The maximum Gasteiger partial charge on any atom is 0.271 e. The molecule has 0 unspecified atom stereocenters. The molecule has 3 aromatic rings. The van der Waals surface area contributed by atoms with E-state index < -0.39 is 5.54 Å². The number of amides is 2. The average molecular weight is 462 g/mol. The predicted octanol–water partition coefficient (Wildman–Crippen LogP) is 5.02. The first-order valence-electron chi connectivity index (χ1n) is 12.6. The van der Waals surface area contributed by atoms with E-state index in [1.807, 2.05) is 41.8 Å². The molecule has 34 heavy (non-hydrogen) atoms. The first kappa shape index (κ1) is 22.8. The molecule has 0 bridgehead atoms. The molecular formula is C28H35N3O3. The molecule has 2 aromatic heterocycles. The van der Waals surface area contributed by atoms with Gasteiger partial charge in [0.05, 0.1) is 18.3 Å². The van der Waals surface area contributed by atoms with Crippen LogP contribution in [-0.4, -0.2) is 39.4 Å². The van der Waals surface area contributed by atoms with E-state index in [2.05, 4.69) is 31.3 Å². The highest BCUT2D eigenvalue weighted by atomic mass is 16.3. The molecule has 4 atom stereocenters. The van der Waals surface area contributed by atoms with Crippen LogP contribution in [0.25, 0.3) is 11.1 Å². The molecule has 2 amide bonds. The fourth-order valence-electron chi connectivity index (χ4n) is 5.82. The van der Waals surface area contributed by atoms with Crippen LogP contribution in [0.4, 0.5) is 0 Å². The Morgan fingerprint density at radius 1 is 1.18 bits per heavy atom. The Morgan fingerprint density at radius 2 is 1.97 bits per heavy atom. The van der Waals surface area contributed by atoms with Crippen LogP contribution in [-0.2, 0) is 17.8 Å². The third kappa shape index (κ3) is 3.93. The SMILES string of the molecule is C[C@@H]1[C@H](C)CCC[C@@H]1NC(=O)[C@@]1(C)Cn2c(cc3occc32)C(=O)N1CCCc1ccccc1. The monoisotopic (exact) mass is 461 g/mol. The van der Waals surface area contributed by atoms with E-state index in [-0.39, 0.29) is 17.9 Å². The standard InChI is InChI=1S/C28H35N3O3/c1-19-9-7-13-22(20(19)2)29-27(33)28(3)18-30-23-14-16-34-25(23)17-24(30)26(32)31(28)15-8-12-21-10-5-4-6-11-21/h4-6,10-11,14,16-17,19-20,22H,7-9,12-13,15,18H2,1-3H3,(H,29,33)/t19-,20-,22+,28-/m1/s1. The van der Waals surface area contributed by atoms with E-state index in [0.29, 0.717) is 36.2 Å². The van der Waals surface area contributed by atoms with Crippen molar-refractivity contribution in [3.8, 4) is 0 Å². The summed E-state index contributed by atoms with van der Waals surface area (Å²) >= 11 is 0. The van der Waals surface area contributed by atoms with Gasteiger partial charge >= 0.3 is 0 Å². The molecule has 0 spiro atoms. The van der Waals surface area contributed by atoms with Gasteiger partial charge in [0, 0.05) is 24.7 Å². The molecular weight excluding hydrogens is 426 g/mol. The topological polar surface area (TPSA) is 67.5 Å². The number of hydrogen-bond donors (Lipinski definition) is 1. The molecule has 5 rings (SSSR count). The zero-order valence-electron chi connectivity index (χ0n) is 20.4. The van der Waals surface area contributed by atoms with Crippen LogP contribution in [0.5, 0.6) is 0 Å². The smallest absolute Gasteiger partial charge is 0.271 e. The number of fused-ring (bicyclic) bond motifs is 3. The van der Waals surface area contributed by atoms with E-state index in [9.17, 15) is 9.59 Å². The summed E-state index contributed by atoms with van der Waals surface area (Å²) in [5.74, 6) is 0.856. The molecule has 1 aromatic carbocycles. The minimum Gasteiger partial charge on any atom is -0.463 e. The molecule has 1 aliphatic carbocycles. The van der Waals surface area contributed by atoms with Crippen molar-refractivity contribution in [2.45, 2.75) is 71.0 Å². The number of benzene rings is 1. The molecule has 2 aliphatic rings. The number of carbonyl (C=O) groups excluding carboxylic acids is 2. The van der Waals surface area contributed by atoms with Gasteiger partial charge in [-0.1, -0.05) is 57.0 Å². The van der Waals surface area contributed by atoms with Crippen molar-refractivity contribution < 1.29 is 14.0 Å². The molecule has 0 radical (unpaired) electrons. The van der Waals surface area contributed by atoms with Crippen LogP contribution in [0.2, 0.25) is 0 Å². The Bertz CT molecular complexity index is 1180. The van der Waals surface area contributed by atoms with Gasteiger partial charge < -0.3 is 19.2 Å². The third-order valence-electron chi connectivity index (χ3n) is 8.25. The van der Waals surface area contributed by atoms with E-state index in [1.54, 1.807) is 11.2 Å². The van der Waals surface area contributed by atoms with E-state index in [4.69, 9.17) is 4.42 Å². The lowest BCUT2D eigenvalue weighted by Crippen LogP contribution is -2.65. The molecule has 0 saturated heterocycles. The van der Waals surface area contributed by atoms with E-state index >= 15 is 0 Å². The zero-order chi connectivity index (χ0) is 23.9. The molecule has 180 valence electrons. The van der Waals surface area contributed by atoms with Crippen LogP contribution >= 0.6 is 0 Å². The Labute approximate surface area is 201 Å². The Hall–Kier alpha value is -3.02. The number of rotatable bonds is 6. The van der Waals surface area contributed by atoms with Crippen LogP contribution in [0, 0.1) is 11.8 Å². The highest BCUT2D eigenvalue weighted by molar-refractivity contribution is 6.02. The summed E-state index contributed by atoms with van der Waals surface area (Å²) in [6, 6.07) is 14.1. The van der Waals surface area contributed by atoms with Crippen LogP contribution in [0.1, 0.15) is 62.5 Å². The molecule has 1 fully saturated rings. The average Bonchev–Trinajstić information content (AvgIpc) is 3.42. The van der Waals surface area contributed by atoms with Crippen molar-refractivity contribution >= 4 is 22.9 Å². The first-order valence-corrected chi connectivity index (χ1v) is 12.6. The maximum absolute atomic E-state index is 13.9. The van der Waals surface area contributed by atoms with Crippen molar-refractivity contribution in [3.63, 3.8) is 0 Å². The Balaban J connectivity index is 1.42. The fraction of sp³-hybridized carbons (Fsp3) is 0.500. The van der Waals surface area contributed by atoms with E-state index in [1.165, 1.54) is 12.0 Å². The minimum atomic E-state index is -0.968. The van der Waals surface area contributed by atoms with Gasteiger partial charge in [0.1, 0.15) is 11.2 Å². The van der Waals surface area contributed by atoms with Crippen molar-refractivity contribution in [1.29, 1.82) is 0 Å². The highest BCUT2D eigenvalue weighted by Crippen LogP contribution is 2.35. The van der Waals surface area contributed by atoms with Gasteiger partial charge in [-0.3, -0.25) is 9.59 Å². The molecule has 3 heterocycles. The van der Waals surface area contributed by atoms with E-state index in [0.717, 1.165) is 31.2 Å². The van der Waals surface area contributed by atoms with Gasteiger partial charge in [0.15, 0.2) is 5.58 Å². The lowest BCUT2D eigenvalue weighted by Gasteiger charge is -2.45. The number of aromatic nitrogens is 1. The van der Waals surface area contributed by atoms with Gasteiger partial charge in [-0.05, 0) is 43.6 Å². The molecule has 6 heteroatoms. The fourth-order valence-corrected chi connectivity index (χ4v) is 5.82. The number of aryl methyl sites for hydroxylation is 1. The first-order chi connectivity index (χ1) is 16.4. The van der Waals surface area contributed by atoms with Crippen molar-refractivity contribution in [2.75, 3.05) is 6.54 Å². The van der Waals surface area contributed by atoms with Crippen LogP contribution in [0.3, 0.4) is 0 Å². The van der Waals surface area contributed by atoms with Crippen LogP contribution in [0.15, 0.2) is 53.1 Å². The maximum atomic E-state index is 13.9. The zero-order valence-corrected chi connectivity index (χ0v) is 20.4. The summed E-state index contributed by atoms with van der Waals surface area (Å²) < 4.78 is 7.54. The normalized spacial score (nSPS) is 27.1. The predicted molar refractivity (Wildman–Crippen MR) is 133 cm³/mol. The number of furan rings is 1. The summed E-state index contributed by atoms with van der Waals surface area (Å²) in [6.07, 6.45) is 6.63. The number of hydrogen-bond acceptors (Lipinski definition) is 3. The summed E-state index contributed by atoms with van der Waals surface area (Å²) in [7, 11) is 0. The third-order valence-corrected chi connectivity index (χ3v) is 8.25. The lowest BCUT2D eigenvalue weighted by molar-refractivity contribution is -0.134. The number of carbonyl (C=O) groups is 2. The second-order valence-electron chi connectivity index (χ2n) is 10.5. The van der Waals surface area contributed by atoms with Crippen molar-refractivity contribution in [3.05, 3.63) is 60.0 Å². The van der Waals surface area contributed by atoms with Gasteiger partial charge in [-0.2, -0.15) is 0 Å². The van der Waals surface area contributed by atoms with Gasteiger partial charge in [0.25, 0.3) is 5.91 Å². The minimum absolute atomic E-state index is 0.0532. The van der Waals surface area contributed by atoms with Gasteiger partial charge in [-0.25, -0.2) is 0 Å². The Morgan fingerprint density at radius 3 is 2.76 bits per heavy atom. The summed E-state index contributed by atoms with van der Waals surface area (Å²) in [6.45, 7) is 7.38. The molecule has 6 nitrogen and oxygen atoms in total. The molecule has 1 N–H and O–H groups in total.